The van der Waals surface area contributed by atoms with Crippen LogP contribution < -0.4 is 10.6 Å². The van der Waals surface area contributed by atoms with Gasteiger partial charge in [-0.2, -0.15) is 13.2 Å². The molecular weight excluding hydrogens is 763 g/mol. The van der Waals surface area contributed by atoms with Crippen LogP contribution >= 0.6 is 45.9 Å². The molecule has 0 aliphatic rings. The van der Waals surface area contributed by atoms with Crippen LogP contribution in [0.1, 0.15) is 47.0 Å². The molecule has 0 saturated carbocycles. The molecule has 7 nitrogen and oxygen atoms in total. The van der Waals surface area contributed by atoms with Crippen molar-refractivity contribution < 1.29 is 41.5 Å². The molecule has 0 unspecified atom stereocenters. The summed E-state index contributed by atoms with van der Waals surface area (Å²) in [7, 11) is 0. The molecule has 0 radical (unpaired) electrons. The van der Waals surface area contributed by atoms with Gasteiger partial charge in [-0.1, -0.05) is 53.5 Å². The van der Waals surface area contributed by atoms with Gasteiger partial charge in [0.15, 0.2) is 0 Å². The Hall–Kier alpha value is -5.34. The maximum Gasteiger partial charge on any atom is 0.416 e. The minimum Gasteiger partial charge on any atom is -0.386 e. The lowest BCUT2D eigenvalue weighted by Gasteiger charge is -2.12. The third kappa shape index (κ3) is 8.08. The van der Waals surface area contributed by atoms with E-state index in [1.165, 1.54) is 41.8 Å². The summed E-state index contributed by atoms with van der Waals surface area (Å²) < 4.78 is 59.3. The minimum atomic E-state index is -4.63. The molecule has 0 bridgehead atoms. The van der Waals surface area contributed by atoms with Gasteiger partial charge in [0.2, 0.25) is 0 Å². The molecule has 6 rings (SSSR count). The van der Waals surface area contributed by atoms with Crippen molar-refractivity contribution in [2.45, 2.75) is 6.18 Å². The second kappa shape index (κ2) is 15.1. The van der Waals surface area contributed by atoms with Gasteiger partial charge in [-0.3, -0.25) is 9.59 Å². The Labute approximate surface area is 310 Å². The van der Waals surface area contributed by atoms with Crippen LogP contribution in [0, 0.1) is 5.82 Å². The quantitative estimate of drug-likeness (QED) is 0.0909. The first-order valence-corrected chi connectivity index (χ1v) is 17.4. The van der Waals surface area contributed by atoms with Gasteiger partial charge < -0.3 is 15.4 Å². The van der Waals surface area contributed by atoms with Crippen LogP contribution in [0.5, 0.6) is 0 Å². The molecule has 2 amide bonds. The molecular formula is C37H20Cl2F4N2O5S2. The van der Waals surface area contributed by atoms with Gasteiger partial charge in [0, 0.05) is 43.1 Å². The topological polar surface area (TPSA) is 102 Å². The van der Waals surface area contributed by atoms with Crippen molar-refractivity contribution >= 4 is 79.6 Å². The van der Waals surface area contributed by atoms with E-state index in [0.29, 0.717) is 21.2 Å². The summed E-state index contributed by atoms with van der Waals surface area (Å²) in [6, 6.07) is 21.0. The second-order valence-electron chi connectivity index (χ2n) is 10.9. The fraction of sp³-hybridized carbons (Fsp3) is 0.0270. The Morgan fingerprint density at radius 2 is 1.08 bits per heavy atom. The van der Waals surface area contributed by atoms with Crippen molar-refractivity contribution in [1.82, 2.24) is 0 Å². The van der Waals surface area contributed by atoms with E-state index in [9.17, 15) is 36.7 Å². The zero-order valence-corrected chi connectivity index (χ0v) is 29.2. The standard InChI is InChI=1S/C37H20Cl2F4N2O5S2/c38-24-12-6-20(7-13-24)28-18-51-33(44-31(46)21-8-14-25(39)15-9-21)30(28)36(49)50-35(48)29-27(19-4-10-23(11-5-19)37(41,42)43)17-52-34(29)45-32(47)22-2-1-3-26(40)16-22/h1-18H,(H,44,46)(H,45,47). The number of halogens is 6. The van der Waals surface area contributed by atoms with Crippen LogP contribution in [0.25, 0.3) is 22.3 Å². The Morgan fingerprint density at radius 1 is 0.615 bits per heavy atom. The van der Waals surface area contributed by atoms with Crippen molar-refractivity contribution in [2.75, 3.05) is 10.6 Å². The zero-order valence-electron chi connectivity index (χ0n) is 26.0. The summed E-state index contributed by atoms with van der Waals surface area (Å²) in [5.41, 5.74) is -0.363. The molecule has 0 aliphatic carbocycles. The van der Waals surface area contributed by atoms with Crippen molar-refractivity contribution in [1.29, 1.82) is 0 Å². The molecule has 0 atom stereocenters. The Kier molecular flexibility index (Phi) is 10.6. The Morgan fingerprint density at radius 3 is 1.56 bits per heavy atom. The van der Waals surface area contributed by atoms with E-state index < -0.39 is 41.3 Å². The molecule has 262 valence electrons. The fourth-order valence-corrected chi connectivity index (χ4v) is 7.12. The second-order valence-corrected chi connectivity index (χ2v) is 13.5. The molecule has 4 aromatic carbocycles. The highest BCUT2D eigenvalue weighted by Gasteiger charge is 2.32. The smallest absolute Gasteiger partial charge is 0.386 e. The van der Waals surface area contributed by atoms with Crippen molar-refractivity contribution in [3.8, 4) is 22.3 Å². The highest BCUT2D eigenvalue weighted by molar-refractivity contribution is 7.15. The molecule has 15 heteroatoms. The predicted molar refractivity (Wildman–Crippen MR) is 193 cm³/mol. The maximum absolute atomic E-state index is 14.0. The number of hydrogen-bond donors (Lipinski definition) is 2. The van der Waals surface area contributed by atoms with E-state index >= 15 is 0 Å². The maximum atomic E-state index is 14.0. The summed E-state index contributed by atoms with van der Waals surface area (Å²) in [6.07, 6.45) is -4.63. The molecule has 0 fully saturated rings. The zero-order chi connectivity index (χ0) is 37.2. The van der Waals surface area contributed by atoms with Crippen LogP contribution in [0.4, 0.5) is 27.6 Å². The molecule has 2 heterocycles. The number of amides is 2. The number of carbonyl (C=O) groups is 4. The summed E-state index contributed by atoms with van der Waals surface area (Å²) in [4.78, 5) is 54.2. The van der Waals surface area contributed by atoms with Crippen LogP contribution in [0.15, 0.2) is 108 Å². The van der Waals surface area contributed by atoms with Gasteiger partial charge in [0.25, 0.3) is 11.8 Å². The van der Waals surface area contributed by atoms with Crippen LogP contribution in [0.3, 0.4) is 0 Å². The largest absolute Gasteiger partial charge is 0.416 e. The summed E-state index contributed by atoms with van der Waals surface area (Å²) in [5, 5.41) is 8.88. The van der Waals surface area contributed by atoms with E-state index in [-0.39, 0.29) is 43.4 Å². The monoisotopic (exact) mass is 782 g/mol. The molecule has 0 saturated heterocycles. The highest BCUT2D eigenvalue weighted by Crippen LogP contribution is 2.40. The highest BCUT2D eigenvalue weighted by atomic mass is 35.5. The van der Waals surface area contributed by atoms with Gasteiger partial charge in [-0.15, -0.1) is 22.7 Å². The number of ether oxygens (including phenoxy) is 1. The van der Waals surface area contributed by atoms with Crippen LogP contribution in [-0.4, -0.2) is 23.8 Å². The van der Waals surface area contributed by atoms with Gasteiger partial charge >= 0.3 is 18.1 Å². The number of hydrogen-bond acceptors (Lipinski definition) is 7. The predicted octanol–water partition coefficient (Wildman–Crippen LogP) is 11.1. The SMILES string of the molecule is O=C(Nc1scc(-c2ccc(Cl)cc2)c1C(=O)OC(=O)c1c(-c2ccc(C(F)(F)F)cc2)csc1NC(=O)c1cccc(F)c1)c1ccc(Cl)cc1. The van der Waals surface area contributed by atoms with Crippen molar-refractivity contribution in [3.05, 3.63) is 152 Å². The third-order valence-corrected chi connectivity index (χ3v) is 9.80. The van der Waals surface area contributed by atoms with E-state index in [1.54, 1.807) is 29.6 Å². The normalized spacial score (nSPS) is 11.2. The first kappa shape index (κ1) is 36.5. The number of thiophene rings is 2. The fourth-order valence-electron chi connectivity index (χ4n) is 4.97. The average molecular weight is 784 g/mol. The Balaban J connectivity index is 1.38. The van der Waals surface area contributed by atoms with Crippen molar-refractivity contribution in [3.63, 3.8) is 0 Å². The number of carbonyl (C=O) groups excluding carboxylic acids is 4. The molecule has 2 N–H and O–H groups in total. The molecule has 6 aromatic rings. The lowest BCUT2D eigenvalue weighted by atomic mass is 10.0. The number of nitrogens with one attached hydrogen (secondary N) is 2. The third-order valence-electron chi connectivity index (χ3n) is 7.50. The molecule has 52 heavy (non-hydrogen) atoms. The summed E-state index contributed by atoms with van der Waals surface area (Å²) in [5.74, 6) is -4.55. The Bertz CT molecular complexity index is 2320. The first-order valence-electron chi connectivity index (χ1n) is 14.9. The van der Waals surface area contributed by atoms with Crippen LogP contribution in [-0.2, 0) is 10.9 Å². The number of esters is 2. The number of rotatable bonds is 8. The average Bonchev–Trinajstić information content (AvgIpc) is 3.73. The molecule has 0 aliphatic heterocycles. The van der Waals surface area contributed by atoms with E-state index in [2.05, 4.69) is 10.6 Å². The van der Waals surface area contributed by atoms with Gasteiger partial charge in [-0.05, 0) is 77.9 Å². The van der Waals surface area contributed by atoms with E-state index in [1.807, 2.05) is 0 Å². The van der Waals surface area contributed by atoms with E-state index in [4.69, 9.17) is 27.9 Å². The minimum absolute atomic E-state index is 0.0376. The number of benzene rings is 4. The van der Waals surface area contributed by atoms with Gasteiger partial charge in [0.1, 0.15) is 26.9 Å². The van der Waals surface area contributed by atoms with Gasteiger partial charge in [-0.25, -0.2) is 14.0 Å². The first-order chi connectivity index (χ1) is 24.8. The van der Waals surface area contributed by atoms with Gasteiger partial charge in [0.05, 0.1) is 5.56 Å². The van der Waals surface area contributed by atoms with Crippen molar-refractivity contribution in [2.24, 2.45) is 0 Å². The number of alkyl halides is 3. The summed E-state index contributed by atoms with van der Waals surface area (Å²) in [6.45, 7) is 0. The lowest BCUT2D eigenvalue weighted by molar-refractivity contribution is -0.137. The summed E-state index contributed by atoms with van der Waals surface area (Å²) >= 11 is 13.8. The number of anilines is 2. The molecule has 0 spiro atoms. The van der Waals surface area contributed by atoms with Crippen LogP contribution in [0.2, 0.25) is 10.0 Å². The van der Waals surface area contributed by atoms with E-state index in [0.717, 1.165) is 59.1 Å². The molecule has 2 aromatic heterocycles. The lowest BCUT2D eigenvalue weighted by Crippen LogP contribution is -2.19.